The summed E-state index contributed by atoms with van der Waals surface area (Å²) in [5, 5.41) is 9.44. The number of nitrogens with zero attached hydrogens (tertiary/aromatic N) is 5. The molecule has 0 N–H and O–H groups in total. The first-order valence-electron chi connectivity index (χ1n) is 11.7. The van der Waals surface area contributed by atoms with Crippen molar-refractivity contribution >= 4 is 22.4 Å². The largest absolute Gasteiger partial charge is 0.291 e. The Kier molecular flexibility index (Phi) is 5.34. The summed E-state index contributed by atoms with van der Waals surface area (Å²) in [6.07, 6.45) is 3.87. The van der Waals surface area contributed by atoms with E-state index < -0.39 is 0 Å². The van der Waals surface area contributed by atoms with Crippen LogP contribution in [0.4, 0.5) is 0 Å². The number of rotatable bonds is 4. The standard InChI is InChI=1S/C29H23N5OS/c1-18-8-7-9-21(14-18)27-30-29-34(32-27)28(35)25(36-29)16-22-17-33(23-10-5-4-6-11-23)31-26(22)24-15-19(2)12-13-20(24)3/h4-17H,1-3H3/b25-16-. The van der Waals surface area contributed by atoms with Crippen LogP contribution in [0.5, 0.6) is 0 Å². The van der Waals surface area contributed by atoms with Gasteiger partial charge in [-0.1, -0.05) is 71.0 Å². The van der Waals surface area contributed by atoms with Crippen molar-refractivity contribution in [3.63, 3.8) is 0 Å². The van der Waals surface area contributed by atoms with Gasteiger partial charge in [0.2, 0.25) is 4.96 Å². The fraction of sp³-hybridized carbons (Fsp3) is 0.103. The van der Waals surface area contributed by atoms with E-state index in [2.05, 4.69) is 42.1 Å². The number of aryl methyl sites for hydroxylation is 3. The lowest BCUT2D eigenvalue weighted by Gasteiger charge is -2.05. The van der Waals surface area contributed by atoms with E-state index in [9.17, 15) is 4.79 Å². The molecule has 0 radical (unpaired) electrons. The number of aromatic nitrogens is 5. The summed E-state index contributed by atoms with van der Waals surface area (Å²) in [5.74, 6) is 0.557. The first kappa shape index (κ1) is 22.1. The van der Waals surface area contributed by atoms with Crippen molar-refractivity contribution in [2.75, 3.05) is 0 Å². The maximum Gasteiger partial charge on any atom is 0.291 e. The highest BCUT2D eigenvalue weighted by molar-refractivity contribution is 7.15. The van der Waals surface area contributed by atoms with Gasteiger partial charge in [0.15, 0.2) is 5.82 Å². The van der Waals surface area contributed by atoms with E-state index in [0.717, 1.165) is 44.8 Å². The SMILES string of the molecule is Cc1cccc(-c2nc3s/c(=C\c4cn(-c5ccccc5)nc4-c4cc(C)ccc4C)c(=O)n3n2)c1. The summed E-state index contributed by atoms with van der Waals surface area (Å²) in [4.78, 5) is 18.5. The minimum absolute atomic E-state index is 0.180. The Morgan fingerprint density at radius 3 is 2.44 bits per heavy atom. The van der Waals surface area contributed by atoms with Gasteiger partial charge < -0.3 is 0 Å². The maximum absolute atomic E-state index is 13.3. The van der Waals surface area contributed by atoms with Crippen molar-refractivity contribution in [2.24, 2.45) is 0 Å². The van der Waals surface area contributed by atoms with Crippen molar-refractivity contribution in [3.05, 3.63) is 116 Å². The number of hydrogen-bond acceptors (Lipinski definition) is 5. The zero-order valence-electron chi connectivity index (χ0n) is 20.1. The Balaban J connectivity index is 1.51. The number of fused-ring (bicyclic) bond motifs is 1. The molecular weight excluding hydrogens is 466 g/mol. The third-order valence-electron chi connectivity index (χ3n) is 6.16. The van der Waals surface area contributed by atoms with Crippen molar-refractivity contribution in [1.82, 2.24) is 24.4 Å². The van der Waals surface area contributed by atoms with Gasteiger partial charge in [0.1, 0.15) is 5.69 Å². The van der Waals surface area contributed by atoms with Crippen molar-refractivity contribution in [1.29, 1.82) is 0 Å². The molecule has 6 aromatic rings. The fourth-order valence-electron chi connectivity index (χ4n) is 4.29. The van der Waals surface area contributed by atoms with Gasteiger partial charge in [0, 0.05) is 22.9 Å². The van der Waals surface area contributed by atoms with E-state index in [0.29, 0.717) is 15.3 Å². The van der Waals surface area contributed by atoms with E-state index in [1.165, 1.54) is 15.9 Å². The van der Waals surface area contributed by atoms with Gasteiger partial charge >= 0.3 is 0 Å². The van der Waals surface area contributed by atoms with Gasteiger partial charge in [-0.05, 0) is 56.7 Å². The second kappa shape index (κ2) is 8.70. The Hall–Kier alpha value is -4.36. The molecule has 176 valence electrons. The quantitative estimate of drug-likeness (QED) is 0.344. The Labute approximate surface area is 211 Å². The number of hydrogen-bond donors (Lipinski definition) is 0. The number of para-hydroxylation sites is 1. The number of thiazole rings is 1. The van der Waals surface area contributed by atoms with Crippen LogP contribution in [0.1, 0.15) is 22.3 Å². The summed E-state index contributed by atoms with van der Waals surface area (Å²) < 4.78 is 3.83. The van der Waals surface area contributed by atoms with E-state index in [4.69, 9.17) is 5.10 Å². The topological polar surface area (TPSA) is 65.1 Å². The highest BCUT2D eigenvalue weighted by Crippen LogP contribution is 2.28. The zero-order valence-corrected chi connectivity index (χ0v) is 21.0. The van der Waals surface area contributed by atoms with Crippen LogP contribution in [0.3, 0.4) is 0 Å². The average Bonchev–Trinajstić information content (AvgIpc) is 3.57. The normalized spacial score (nSPS) is 12.0. The molecule has 0 saturated carbocycles. The molecule has 3 aromatic carbocycles. The van der Waals surface area contributed by atoms with E-state index in [1.54, 1.807) is 0 Å². The van der Waals surface area contributed by atoms with Crippen LogP contribution in [0.15, 0.2) is 83.8 Å². The lowest BCUT2D eigenvalue weighted by molar-refractivity contribution is 0.884. The molecule has 0 spiro atoms. The van der Waals surface area contributed by atoms with Gasteiger partial charge in [-0.15, -0.1) is 5.10 Å². The molecule has 0 bridgehead atoms. The smallest absolute Gasteiger partial charge is 0.266 e. The molecule has 0 saturated heterocycles. The van der Waals surface area contributed by atoms with E-state index in [1.807, 2.05) is 78.5 Å². The molecule has 0 aliphatic carbocycles. The first-order valence-corrected chi connectivity index (χ1v) is 12.5. The molecule has 0 amide bonds. The minimum Gasteiger partial charge on any atom is -0.266 e. The lowest BCUT2D eigenvalue weighted by atomic mass is 10.0. The summed E-state index contributed by atoms with van der Waals surface area (Å²) in [5.41, 5.74) is 7.83. The minimum atomic E-state index is -0.180. The monoisotopic (exact) mass is 489 g/mol. The van der Waals surface area contributed by atoms with Crippen LogP contribution in [-0.2, 0) is 0 Å². The highest BCUT2D eigenvalue weighted by Gasteiger charge is 2.16. The molecule has 0 fully saturated rings. The molecule has 3 aromatic heterocycles. The summed E-state index contributed by atoms with van der Waals surface area (Å²) in [7, 11) is 0. The van der Waals surface area contributed by atoms with Gasteiger partial charge in [0.05, 0.1) is 10.2 Å². The van der Waals surface area contributed by atoms with Crippen LogP contribution >= 0.6 is 11.3 Å². The summed E-state index contributed by atoms with van der Waals surface area (Å²) in [6.45, 7) is 6.17. The molecule has 0 aliphatic heterocycles. The number of benzene rings is 3. The molecular formula is C29H23N5OS. The predicted molar refractivity (Wildman–Crippen MR) is 145 cm³/mol. The summed E-state index contributed by atoms with van der Waals surface area (Å²) in [6, 6.07) is 24.3. The molecule has 0 atom stereocenters. The van der Waals surface area contributed by atoms with Crippen molar-refractivity contribution < 1.29 is 0 Å². The predicted octanol–water partition coefficient (Wildman–Crippen LogP) is 5.14. The maximum atomic E-state index is 13.3. The third kappa shape index (κ3) is 3.93. The fourth-order valence-corrected chi connectivity index (χ4v) is 5.19. The Morgan fingerprint density at radius 2 is 1.67 bits per heavy atom. The lowest BCUT2D eigenvalue weighted by Crippen LogP contribution is -2.23. The molecule has 36 heavy (non-hydrogen) atoms. The van der Waals surface area contributed by atoms with Crippen LogP contribution in [0.2, 0.25) is 0 Å². The van der Waals surface area contributed by atoms with Crippen LogP contribution in [-0.4, -0.2) is 24.4 Å². The molecule has 0 aliphatic rings. The second-order valence-electron chi connectivity index (χ2n) is 8.95. The van der Waals surface area contributed by atoms with Crippen LogP contribution in [0, 0.1) is 20.8 Å². The van der Waals surface area contributed by atoms with Crippen LogP contribution in [0.25, 0.3) is 39.4 Å². The van der Waals surface area contributed by atoms with E-state index in [-0.39, 0.29) is 5.56 Å². The van der Waals surface area contributed by atoms with Gasteiger partial charge in [-0.3, -0.25) is 4.79 Å². The molecule has 7 heteroatoms. The zero-order chi connectivity index (χ0) is 24.8. The molecule has 0 unspecified atom stereocenters. The van der Waals surface area contributed by atoms with Gasteiger partial charge in [0.25, 0.3) is 5.56 Å². The first-order chi connectivity index (χ1) is 17.5. The average molecular weight is 490 g/mol. The Bertz CT molecular complexity index is 1850. The van der Waals surface area contributed by atoms with Crippen molar-refractivity contribution in [2.45, 2.75) is 20.8 Å². The van der Waals surface area contributed by atoms with Gasteiger partial charge in [-0.2, -0.15) is 14.6 Å². The summed E-state index contributed by atoms with van der Waals surface area (Å²) >= 11 is 1.34. The molecule has 6 rings (SSSR count). The second-order valence-corrected chi connectivity index (χ2v) is 9.96. The highest BCUT2D eigenvalue weighted by atomic mass is 32.1. The van der Waals surface area contributed by atoms with Crippen molar-refractivity contribution in [3.8, 4) is 28.3 Å². The molecule has 6 nitrogen and oxygen atoms in total. The van der Waals surface area contributed by atoms with E-state index >= 15 is 0 Å². The molecule has 3 heterocycles. The third-order valence-corrected chi connectivity index (χ3v) is 7.12. The van der Waals surface area contributed by atoms with Gasteiger partial charge in [-0.25, -0.2) is 4.68 Å². The Morgan fingerprint density at radius 1 is 0.861 bits per heavy atom. The van der Waals surface area contributed by atoms with Crippen LogP contribution < -0.4 is 10.1 Å².